The highest BCUT2D eigenvalue weighted by molar-refractivity contribution is 9.10. The van der Waals surface area contributed by atoms with Gasteiger partial charge < -0.3 is 0 Å². The number of carbonyl (C=O) groups excluding carboxylic acids is 1. The van der Waals surface area contributed by atoms with E-state index in [0.717, 1.165) is 26.6 Å². The van der Waals surface area contributed by atoms with E-state index in [1.54, 1.807) is 11.5 Å². The van der Waals surface area contributed by atoms with Crippen molar-refractivity contribution in [2.45, 2.75) is 6.92 Å². The van der Waals surface area contributed by atoms with Crippen molar-refractivity contribution >= 4 is 32.7 Å². The molecule has 0 N–H and O–H groups in total. The molecule has 3 aromatic rings. The average Bonchev–Trinajstić information content (AvgIpc) is 2.86. The van der Waals surface area contributed by atoms with Crippen molar-refractivity contribution in [1.82, 2.24) is 4.57 Å². The monoisotopic (exact) mass is 339 g/mol. The molecule has 0 amide bonds. The molecule has 0 spiro atoms. The van der Waals surface area contributed by atoms with Crippen molar-refractivity contribution in [1.29, 1.82) is 0 Å². The maximum Gasteiger partial charge on any atom is 0.257 e. The van der Waals surface area contributed by atoms with Crippen LogP contribution in [0.3, 0.4) is 0 Å². The van der Waals surface area contributed by atoms with Gasteiger partial charge in [0, 0.05) is 15.4 Å². The molecule has 21 heavy (non-hydrogen) atoms. The second-order valence-corrected chi connectivity index (χ2v) is 5.93. The van der Waals surface area contributed by atoms with Gasteiger partial charge in [0.15, 0.2) is 0 Å². The Kier molecular flexibility index (Phi) is 3.52. The summed E-state index contributed by atoms with van der Waals surface area (Å²) in [6.45, 7) is 5.53. The summed E-state index contributed by atoms with van der Waals surface area (Å²) in [6, 6.07) is 17.9. The highest BCUT2D eigenvalue weighted by atomic mass is 79.9. The quantitative estimate of drug-likeness (QED) is 0.581. The topological polar surface area (TPSA) is 22.0 Å². The third-order valence-electron chi connectivity index (χ3n) is 3.42. The summed E-state index contributed by atoms with van der Waals surface area (Å²) in [5, 5.41) is 1.05. The van der Waals surface area contributed by atoms with Crippen LogP contribution < -0.4 is 0 Å². The van der Waals surface area contributed by atoms with E-state index < -0.39 is 0 Å². The number of para-hydroxylation sites is 1. The molecule has 0 radical (unpaired) electrons. The molecule has 2 aromatic carbocycles. The number of nitrogens with zero attached hydrogens (tertiary/aromatic N) is 1. The zero-order valence-corrected chi connectivity index (χ0v) is 13.2. The van der Waals surface area contributed by atoms with E-state index in [1.165, 1.54) is 0 Å². The second kappa shape index (κ2) is 5.34. The number of hydrogen-bond acceptors (Lipinski definition) is 1. The SMILES string of the molecule is C=C(C)C(=O)n1c(-c2ccc(Br)cc2)cc2ccccc21. The van der Waals surface area contributed by atoms with Gasteiger partial charge in [-0.1, -0.05) is 52.8 Å². The molecule has 0 atom stereocenters. The van der Waals surface area contributed by atoms with E-state index in [4.69, 9.17) is 0 Å². The number of halogens is 1. The molecule has 3 heteroatoms. The van der Waals surface area contributed by atoms with Crippen LogP contribution in [0.5, 0.6) is 0 Å². The lowest BCUT2D eigenvalue weighted by Gasteiger charge is -2.09. The third kappa shape index (κ3) is 2.45. The maximum atomic E-state index is 12.5. The highest BCUT2D eigenvalue weighted by Crippen LogP contribution is 2.29. The van der Waals surface area contributed by atoms with Gasteiger partial charge in [0.25, 0.3) is 5.91 Å². The summed E-state index contributed by atoms with van der Waals surface area (Å²) < 4.78 is 2.75. The van der Waals surface area contributed by atoms with Crippen molar-refractivity contribution in [2.75, 3.05) is 0 Å². The van der Waals surface area contributed by atoms with Gasteiger partial charge in [0.05, 0.1) is 11.2 Å². The van der Waals surface area contributed by atoms with E-state index in [1.807, 2.05) is 54.6 Å². The molecule has 104 valence electrons. The van der Waals surface area contributed by atoms with E-state index >= 15 is 0 Å². The number of allylic oxidation sites excluding steroid dienone is 1. The first-order valence-electron chi connectivity index (χ1n) is 6.64. The molecule has 1 aromatic heterocycles. The third-order valence-corrected chi connectivity index (χ3v) is 3.95. The van der Waals surface area contributed by atoms with Crippen molar-refractivity contribution < 1.29 is 4.79 Å². The summed E-state index contributed by atoms with van der Waals surface area (Å²) in [7, 11) is 0. The first-order valence-corrected chi connectivity index (χ1v) is 7.44. The molecule has 1 heterocycles. The molecule has 0 saturated carbocycles. The van der Waals surface area contributed by atoms with Gasteiger partial charge in [0.2, 0.25) is 0 Å². The summed E-state index contributed by atoms with van der Waals surface area (Å²) in [5.74, 6) is -0.0749. The van der Waals surface area contributed by atoms with Gasteiger partial charge in [-0.15, -0.1) is 0 Å². The average molecular weight is 340 g/mol. The van der Waals surface area contributed by atoms with Crippen LogP contribution in [0.25, 0.3) is 22.2 Å². The molecule has 0 fully saturated rings. The predicted molar refractivity (Wildman–Crippen MR) is 90.5 cm³/mol. The van der Waals surface area contributed by atoms with E-state index in [-0.39, 0.29) is 5.91 Å². The number of benzene rings is 2. The van der Waals surface area contributed by atoms with Crippen LogP contribution in [-0.2, 0) is 0 Å². The molecule has 0 aliphatic carbocycles. The van der Waals surface area contributed by atoms with Crippen LogP contribution in [0.1, 0.15) is 11.7 Å². The standard InChI is InChI=1S/C18H14BrNO/c1-12(2)18(21)20-16-6-4-3-5-14(16)11-17(20)13-7-9-15(19)10-8-13/h3-11H,1H2,2H3. The molecule has 0 aliphatic heterocycles. The van der Waals surface area contributed by atoms with Crippen molar-refractivity contribution in [2.24, 2.45) is 0 Å². The van der Waals surface area contributed by atoms with E-state index in [2.05, 4.69) is 22.5 Å². The van der Waals surface area contributed by atoms with Gasteiger partial charge in [-0.2, -0.15) is 0 Å². The highest BCUT2D eigenvalue weighted by Gasteiger charge is 2.16. The van der Waals surface area contributed by atoms with E-state index in [0.29, 0.717) is 5.57 Å². The predicted octanol–water partition coefficient (Wildman–Crippen LogP) is 5.29. The molecule has 0 bridgehead atoms. The normalized spacial score (nSPS) is 10.8. The van der Waals surface area contributed by atoms with Crippen LogP contribution in [-0.4, -0.2) is 10.5 Å². The Morgan fingerprint density at radius 2 is 1.76 bits per heavy atom. The van der Waals surface area contributed by atoms with Crippen LogP contribution in [0.15, 0.2) is 71.2 Å². The Morgan fingerprint density at radius 3 is 2.43 bits per heavy atom. The molecular weight excluding hydrogens is 326 g/mol. The fourth-order valence-corrected chi connectivity index (χ4v) is 2.66. The molecule has 0 saturated heterocycles. The lowest BCUT2D eigenvalue weighted by molar-refractivity contribution is 0.0962. The first-order chi connectivity index (χ1) is 10.1. The van der Waals surface area contributed by atoms with Crippen molar-refractivity contribution in [3.63, 3.8) is 0 Å². The Hall–Kier alpha value is -2.13. The lowest BCUT2D eigenvalue weighted by atomic mass is 10.1. The summed E-state index contributed by atoms with van der Waals surface area (Å²) in [5.41, 5.74) is 3.32. The number of fused-ring (bicyclic) bond motifs is 1. The Morgan fingerprint density at radius 1 is 1.10 bits per heavy atom. The van der Waals surface area contributed by atoms with Gasteiger partial charge in [0.1, 0.15) is 0 Å². The van der Waals surface area contributed by atoms with Crippen LogP contribution in [0.2, 0.25) is 0 Å². The fraction of sp³-hybridized carbons (Fsp3) is 0.0556. The fourth-order valence-electron chi connectivity index (χ4n) is 2.40. The maximum absolute atomic E-state index is 12.5. The minimum atomic E-state index is -0.0749. The minimum absolute atomic E-state index is 0.0749. The van der Waals surface area contributed by atoms with E-state index in [9.17, 15) is 4.79 Å². The first kappa shape index (κ1) is 13.8. The largest absolute Gasteiger partial charge is 0.276 e. The zero-order chi connectivity index (χ0) is 15.0. The van der Waals surface area contributed by atoms with Gasteiger partial charge in [-0.3, -0.25) is 9.36 Å². The number of carbonyl (C=O) groups is 1. The number of hydrogen-bond donors (Lipinski definition) is 0. The lowest BCUT2D eigenvalue weighted by Crippen LogP contribution is -2.12. The number of aromatic nitrogens is 1. The molecule has 0 unspecified atom stereocenters. The second-order valence-electron chi connectivity index (χ2n) is 5.02. The Labute approximate surface area is 131 Å². The number of rotatable bonds is 2. The van der Waals surface area contributed by atoms with Gasteiger partial charge in [-0.25, -0.2) is 0 Å². The molecule has 2 nitrogen and oxygen atoms in total. The van der Waals surface area contributed by atoms with Gasteiger partial charge in [-0.05, 0) is 36.8 Å². The minimum Gasteiger partial charge on any atom is -0.276 e. The van der Waals surface area contributed by atoms with Crippen molar-refractivity contribution in [3.05, 3.63) is 71.2 Å². The van der Waals surface area contributed by atoms with Crippen LogP contribution in [0.4, 0.5) is 0 Å². The van der Waals surface area contributed by atoms with Crippen LogP contribution in [0, 0.1) is 0 Å². The smallest absolute Gasteiger partial charge is 0.257 e. The molecular formula is C18H14BrNO. The van der Waals surface area contributed by atoms with Crippen LogP contribution >= 0.6 is 15.9 Å². The molecule has 0 aliphatic rings. The Bertz CT molecular complexity index is 843. The van der Waals surface area contributed by atoms with Gasteiger partial charge >= 0.3 is 0 Å². The molecule has 3 rings (SSSR count). The summed E-state index contributed by atoms with van der Waals surface area (Å²) in [4.78, 5) is 12.5. The Balaban J connectivity index is 2.31. The summed E-state index contributed by atoms with van der Waals surface area (Å²) >= 11 is 3.44. The summed E-state index contributed by atoms with van der Waals surface area (Å²) in [6.07, 6.45) is 0. The zero-order valence-electron chi connectivity index (χ0n) is 11.6. The van der Waals surface area contributed by atoms with Crippen molar-refractivity contribution in [3.8, 4) is 11.3 Å².